The number of piperazine rings is 1. The fraction of sp³-hybridized carbons (Fsp3) is 0.167. The lowest BCUT2D eigenvalue weighted by molar-refractivity contribution is 0.639. The third-order valence-corrected chi connectivity index (χ3v) is 5.39. The molecule has 4 aromatic rings. The molecule has 6 heteroatoms. The van der Waals surface area contributed by atoms with Crippen molar-refractivity contribution in [3.8, 4) is 22.4 Å². The molecule has 5 rings (SSSR count). The van der Waals surface area contributed by atoms with Gasteiger partial charge in [-0.15, -0.1) is 0 Å². The summed E-state index contributed by atoms with van der Waals surface area (Å²) in [6.45, 7) is 3.57. The van der Waals surface area contributed by atoms with Crippen molar-refractivity contribution in [2.75, 3.05) is 36.0 Å². The monoisotopic (exact) mass is 394 g/mol. The number of anilines is 2. The minimum atomic E-state index is 0.798. The van der Waals surface area contributed by atoms with Crippen LogP contribution >= 0.6 is 0 Å². The summed E-state index contributed by atoms with van der Waals surface area (Å²) >= 11 is 0. The summed E-state index contributed by atoms with van der Waals surface area (Å²) in [7, 11) is 0. The summed E-state index contributed by atoms with van der Waals surface area (Å²) in [5.74, 6) is 0.798. The van der Waals surface area contributed by atoms with E-state index in [4.69, 9.17) is 4.98 Å². The number of pyridine rings is 2. The molecule has 6 nitrogen and oxygen atoms in total. The molecule has 4 heterocycles. The molecule has 0 radical (unpaired) electrons. The standard InChI is InChI=1S/C24H22N6/c1-2-5-20(6-3-1)23-22(19-7-11-25-12-8-19)17-21(18-28-23)29-13-15-30(16-14-29)24-26-9-4-10-27-24/h1-12,17-18H,13-16H2. The molecule has 0 saturated carbocycles. The van der Waals surface area contributed by atoms with Crippen LogP contribution in [0.3, 0.4) is 0 Å². The molecular formula is C24H22N6. The molecule has 0 N–H and O–H groups in total. The van der Waals surface area contributed by atoms with Gasteiger partial charge in [-0.2, -0.15) is 0 Å². The van der Waals surface area contributed by atoms with Crippen molar-refractivity contribution >= 4 is 11.6 Å². The molecule has 1 aliphatic heterocycles. The van der Waals surface area contributed by atoms with Gasteiger partial charge in [0, 0.05) is 62.1 Å². The molecule has 148 valence electrons. The second kappa shape index (κ2) is 8.29. The third-order valence-electron chi connectivity index (χ3n) is 5.39. The highest BCUT2D eigenvalue weighted by atomic mass is 15.3. The van der Waals surface area contributed by atoms with E-state index in [0.29, 0.717) is 0 Å². The second-order valence-electron chi connectivity index (χ2n) is 7.21. The van der Waals surface area contributed by atoms with E-state index in [1.165, 1.54) is 0 Å². The lowest BCUT2D eigenvalue weighted by Gasteiger charge is -2.36. The fourth-order valence-corrected chi connectivity index (χ4v) is 3.82. The van der Waals surface area contributed by atoms with Crippen molar-refractivity contribution < 1.29 is 0 Å². The molecule has 1 aromatic carbocycles. The van der Waals surface area contributed by atoms with Gasteiger partial charge in [-0.25, -0.2) is 9.97 Å². The maximum Gasteiger partial charge on any atom is 0.225 e. The predicted molar refractivity (Wildman–Crippen MR) is 119 cm³/mol. The van der Waals surface area contributed by atoms with E-state index in [1.54, 1.807) is 12.4 Å². The van der Waals surface area contributed by atoms with Gasteiger partial charge < -0.3 is 9.80 Å². The van der Waals surface area contributed by atoms with Crippen molar-refractivity contribution in [1.82, 2.24) is 19.9 Å². The average molecular weight is 394 g/mol. The predicted octanol–water partition coefficient (Wildman–Crippen LogP) is 3.93. The SMILES string of the molecule is c1ccc(-c2ncc(N3CCN(c4ncccn4)CC3)cc2-c2ccncc2)cc1. The van der Waals surface area contributed by atoms with Crippen LogP contribution in [-0.2, 0) is 0 Å². The van der Waals surface area contributed by atoms with Crippen LogP contribution in [0.15, 0.2) is 85.6 Å². The number of rotatable bonds is 4. The summed E-state index contributed by atoms with van der Waals surface area (Å²) in [6, 6.07) is 18.5. The van der Waals surface area contributed by atoms with Gasteiger partial charge in [0.2, 0.25) is 5.95 Å². The lowest BCUT2D eigenvalue weighted by atomic mass is 9.99. The lowest BCUT2D eigenvalue weighted by Crippen LogP contribution is -2.47. The average Bonchev–Trinajstić information content (AvgIpc) is 2.85. The largest absolute Gasteiger partial charge is 0.367 e. The Bertz CT molecular complexity index is 1090. The van der Waals surface area contributed by atoms with E-state index < -0.39 is 0 Å². The molecule has 0 aliphatic carbocycles. The van der Waals surface area contributed by atoms with E-state index in [9.17, 15) is 0 Å². The van der Waals surface area contributed by atoms with E-state index in [0.717, 1.165) is 60.2 Å². The first-order chi connectivity index (χ1) is 14.9. The Labute approximate surface area is 175 Å². The maximum atomic E-state index is 4.88. The normalized spacial score (nSPS) is 14.0. The van der Waals surface area contributed by atoms with Gasteiger partial charge >= 0.3 is 0 Å². The molecule has 0 amide bonds. The quantitative estimate of drug-likeness (QED) is 0.523. The maximum absolute atomic E-state index is 4.88. The molecule has 30 heavy (non-hydrogen) atoms. The summed E-state index contributed by atoms with van der Waals surface area (Å²) in [5, 5.41) is 0. The minimum absolute atomic E-state index is 0.798. The van der Waals surface area contributed by atoms with Crippen LogP contribution in [0.5, 0.6) is 0 Å². The summed E-state index contributed by atoms with van der Waals surface area (Å²) in [6.07, 6.45) is 9.23. The zero-order valence-corrected chi connectivity index (χ0v) is 16.6. The third kappa shape index (κ3) is 3.72. The van der Waals surface area contributed by atoms with Crippen LogP contribution in [0, 0.1) is 0 Å². The highest BCUT2D eigenvalue weighted by Crippen LogP contribution is 2.33. The first-order valence-corrected chi connectivity index (χ1v) is 10.1. The first-order valence-electron chi connectivity index (χ1n) is 10.1. The Morgan fingerprint density at radius 2 is 1.33 bits per heavy atom. The minimum Gasteiger partial charge on any atom is -0.367 e. The first kappa shape index (κ1) is 18.2. The Balaban J connectivity index is 1.44. The van der Waals surface area contributed by atoms with Crippen LogP contribution in [0.4, 0.5) is 11.6 Å². The van der Waals surface area contributed by atoms with Crippen molar-refractivity contribution in [3.63, 3.8) is 0 Å². The second-order valence-corrected chi connectivity index (χ2v) is 7.21. The van der Waals surface area contributed by atoms with E-state index in [-0.39, 0.29) is 0 Å². The molecule has 0 bridgehead atoms. The van der Waals surface area contributed by atoms with Gasteiger partial charge in [0.05, 0.1) is 17.6 Å². The van der Waals surface area contributed by atoms with Crippen LogP contribution in [0.1, 0.15) is 0 Å². The molecule has 1 saturated heterocycles. The number of hydrogen-bond donors (Lipinski definition) is 0. The van der Waals surface area contributed by atoms with Crippen molar-refractivity contribution in [3.05, 3.63) is 85.6 Å². The van der Waals surface area contributed by atoms with Crippen LogP contribution in [0.25, 0.3) is 22.4 Å². The highest BCUT2D eigenvalue weighted by molar-refractivity contribution is 5.82. The Kier molecular flexibility index (Phi) is 5.04. The van der Waals surface area contributed by atoms with Crippen LogP contribution in [0.2, 0.25) is 0 Å². The Hall–Kier alpha value is -3.80. The zero-order chi connectivity index (χ0) is 20.2. The van der Waals surface area contributed by atoms with Crippen LogP contribution < -0.4 is 9.80 Å². The number of hydrogen-bond acceptors (Lipinski definition) is 6. The Morgan fingerprint density at radius 1 is 0.633 bits per heavy atom. The topological polar surface area (TPSA) is 58.0 Å². The zero-order valence-electron chi connectivity index (χ0n) is 16.6. The molecule has 3 aromatic heterocycles. The number of benzene rings is 1. The van der Waals surface area contributed by atoms with Crippen LogP contribution in [-0.4, -0.2) is 46.1 Å². The molecule has 0 unspecified atom stereocenters. The Morgan fingerprint density at radius 3 is 2.07 bits per heavy atom. The number of nitrogens with zero attached hydrogens (tertiary/aromatic N) is 6. The molecule has 1 aliphatic rings. The van der Waals surface area contributed by atoms with Crippen molar-refractivity contribution in [1.29, 1.82) is 0 Å². The smallest absolute Gasteiger partial charge is 0.225 e. The summed E-state index contributed by atoms with van der Waals surface area (Å²) in [4.78, 5) is 22.4. The van der Waals surface area contributed by atoms with Gasteiger partial charge in [0.15, 0.2) is 0 Å². The highest BCUT2D eigenvalue weighted by Gasteiger charge is 2.20. The van der Waals surface area contributed by atoms with Gasteiger partial charge in [0.25, 0.3) is 0 Å². The molecule has 1 fully saturated rings. The van der Waals surface area contributed by atoms with E-state index in [1.807, 2.05) is 55.0 Å². The van der Waals surface area contributed by atoms with Gasteiger partial charge in [-0.05, 0) is 29.8 Å². The molecule has 0 spiro atoms. The van der Waals surface area contributed by atoms with Crippen molar-refractivity contribution in [2.45, 2.75) is 0 Å². The van der Waals surface area contributed by atoms with Gasteiger partial charge in [-0.3, -0.25) is 9.97 Å². The fourth-order valence-electron chi connectivity index (χ4n) is 3.82. The molecule has 0 atom stereocenters. The number of aromatic nitrogens is 4. The van der Waals surface area contributed by atoms with Gasteiger partial charge in [0.1, 0.15) is 0 Å². The van der Waals surface area contributed by atoms with Gasteiger partial charge in [-0.1, -0.05) is 30.3 Å². The molecular weight excluding hydrogens is 372 g/mol. The van der Waals surface area contributed by atoms with E-state index in [2.05, 4.69) is 43.0 Å². The van der Waals surface area contributed by atoms with Crippen molar-refractivity contribution in [2.24, 2.45) is 0 Å². The van der Waals surface area contributed by atoms with E-state index >= 15 is 0 Å². The summed E-state index contributed by atoms with van der Waals surface area (Å²) < 4.78 is 0. The summed E-state index contributed by atoms with van der Waals surface area (Å²) in [5.41, 5.74) is 5.48.